The van der Waals surface area contributed by atoms with Gasteiger partial charge in [-0.1, -0.05) is 43.7 Å². The molecular weight excluding hydrogens is 370 g/mol. The lowest BCUT2D eigenvalue weighted by atomic mass is 10.0. The summed E-state index contributed by atoms with van der Waals surface area (Å²) in [5.41, 5.74) is 1.81. The molecule has 29 heavy (non-hydrogen) atoms. The molecule has 1 aromatic heterocycles. The number of methoxy groups -OCH3 is 2. The topological polar surface area (TPSA) is 91.2 Å². The molecule has 0 spiro atoms. The first-order chi connectivity index (χ1) is 14.1. The second-order valence-corrected chi connectivity index (χ2v) is 6.53. The van der Waals surface area contributed by atoms with Gasteiger partial charge in [-0.15, -0.1) is 10.2 Å². The van der Waals surface area contributed by atoms with Crippen molar-refractivity contribution in [3.8, 4) is 22.9 Å². The number of carbonyl (C=O) groups excluding carboxylic acids is 1. The molecule has 1 amide bonds. The fourth-order valence-corrected chi connectivity index (χ4v) is 3.07. The van der Waals surface area contributed by atoms with Crippen LogP contribution in [0.5, 0.6) is 11.5 Å². The van der Waals surface area contributed by atoms with Crippen LogP contribution >= 0.6 is 0 Å². The first-order valence-electron chi connectivity index (χ1n) is 9.49. The van der Waals surface area contributed by atoms with Crippen LogP contribution < -0.4 is 14.8 Å². The average Bonchev–Trinajstić information content (AvgIpc) is 3.21. The maximum Gasteiger partial charge on any atom is 0.244 e. The summed E-state index contributed by atoms with van der Waals surface area (Å²) in [6, 6.07) is 15.3. The Morgan fingerprint density at radius 1 is 1.10 bits per heavy atom. The van der Waals surface area contributed by atoms with Gasteiger partial charge in [0.25, 0.3) is 0 Å². The lowest BCUT2D eigenvalue weighted by Crippen LogP contribution is -2.32. The van der Waals surface area contributed by atoms with Crippen molar-refractivity contribution in [2.75, 3.05) is 14.2 Å². The summed E-state index contributed by atoms with van der Waals surface area (Å²) in [4.78, 5) is 13.8. The molecule has 0 unspecified atom stereocenters. The van der Waals surface area contributed by atoms with E-state index >= 15 is 0 Å². The number of hydrogen-bond acceptors (Lipinski definition) is 6. The number of ether oxygens (including phenoxy) is 2. The summed E-state index contributed by atoms with van der Waals surface area (Å²) in [5, 5.41) is 15.4. The Kier molecular flexibility index (Phi) is 6.78. The molecule has 8 nitrogen and oxygen atoms in total. The predicted octanol–water partition coefficient (Wildman–Crippen LogP) is 3.01. The normalized spacial score (nSPS) is 11.7. The van der Waals surface area contributed by atoms with Gasteiger partial charge in [-0.3, -0.25) is 4.79 Å². The molecule has 0 saturated heterocycles. The average molecular weight is 395 g/mol. The van der Waals surface area contributed by atoms with Gasteiger partial charge in [0.15, 0.2) is 11.5 Å². The van der Waals surface area contributed by atoms with Crippen LogP contribution in [-0.4, -0.2) is 40.3 Å². The first kappa shape index (κ1) is 20.3. The zero-order valence-corrected chi connectivity index (χ0v) is 16.8. The van der Waals surface area contributed by atoms with Crippen LogP contribution in [0.25, 0.3) is 11.4 Å². The van der Waals surface area contributed by atoms with Gasteiger partial charge in [-0.25, -0.2) is 0 Å². The maximum atomic E-state index is 12.5. The summed E-state index contributed by atoms with van der Waals surface area (Å²) in [7, 11) is 3.14. The van der Waals surface area contributed by atoms with E-state index in [9.17, 15) is 4.79 Å². The van der Waals surface area contributed by atoms with Crippen LogP contribution in [0, 0.1) is 0 Å². The number of aromatic nitrogens is 4. The summed E-state index contributed by atoms with van der Waals surface area (Å²) < 4.78 is 10.5. The van der Waals surface area contributed by atoms with Crippen molar-refractivity contribution in [1.29, 1.82) is 0 Å². The predicted molar refractivity (Wildman–Crippen MR) is 109 cm³/mol. The van der Waals surface area contributed by atoms with Gasteiger partial charge < -0.3 is 14.8 Å². The van der Waals surface area contributed by atoms with Crippen molar-refractivity contribution in [2.45, 2.75) is 32.4 Å². The van der Waals surface area contributed by atoms with Gasteiger partial charge >= 0.3 is 0 Å². The van der Waals surface area contributed by atoms with Crippen LogP contribution in [0.1, 0.15) is 31.4 Å². The molecular formula is C21H25N5O3. The van der Waals surface area contributed by atoms with E-state index in [0.717, 1.165) is 24.0 Å². The van der Waals surface area contributed by atoms with Gasteiger partial charge in [-0.2, -0.15) is 4.80 Å². The van der Waals surface area contributed by atoms with E-state index in [-0.39, 0.29) is 18.5 Å². The summed E-state index contributed by atoms with van der Waals surface area (Å²) >= 11 is 0. The smallest absolute Gasteiger partial charge is 0.244 e. The van der Waals surface area contributed by atoms with Gasteiger partial charge in [-0.05, 0) is 35.4 Å². The first-order valence-corrected chi connectivity index (χ1v) is 9.49. The number of hydrogen-bond donors (Lipinski definition) is 1. The molecule has 3 aromatic rings. The second kappa shape index (κ2) is 9.68. The van der Waals surface area contributed by atoms with Crippen molar-refractivity contribution in [2.24, 2.45) is 0 Å². The molecule has 0 saturated carbocycles. The van der Waals surface area contributed by atoms with Crippen molar-refractivity contribution in [3.63, 3.8) is 0 Å². The number of nitrogens with one attached hydrogen (secondary N) is 1. The minimum atomic E-state index is -0.163. The van der Waals surface area contributed by atoms with Crippen molar-refractivity contribution in [1.82, 2.24) is 25.5 Å². The minimum absolute atomic E-state index is 0.00661. The van der Waals surface area contributed by atoms with Crippen LogP contribution in [0.2, 0.25) is 0 Å². The fourth-order valence-electron chi connectivity index (χ4n) is 3.07. The largest absolute Gasteiger partial charge is 0.493 e. The van der Waals surface area contributed by atoms with E-state index in [1.54, 1.807) is 26.4 Å². The van der Waals surface area contributed by atoms with Gasteiger partial charge in [0, 0.05) is 5.56 Å². The van der Waals surface area contributed by atoms with Crippen molar-refractivity contribution in [3.05, 3.63) is 54.1 Å². The molecule has 0 aliphatic heterocycles. The van der Waals surface area contributed by atoms with Gasteiger partial charge in [0.1, 0.15) is 6.54 Å². The molecule has 0 radical (unpaired) electrons. The van der Waals surface area contributed by atoms with E-state index in [0.29, 0.717) is 17.3 Å². The molecule has 1 heterocycles. The van der Waals surface area contributed by atoms with Crippen LogP contribution in [0.15, 0.2) is 48.5 Å². The lowest BCUT2D eigenvalue weighted by molar-refractivity contribution is -0.122. The molecule has 152 valence electrons. The Hall–Kier alpha value is -3.42. The molecule has 1 N–H and O–H groups in total. The SMILES string of the molecule is CCC[C@H](NC(=O)Cn1nnc(-c2ccc(OC)c(OC)c2)n1)c1ccccc1. The highest BCUT2D eigenvalue weighted by Gasteiger charge is 2.16. The summed E-state index contributed by atoms with van der Waals surface area (Å²) in [6.07, 6.45) is 1.82. The molecule has 0 fully saturated rings. The highest BCUT2D eigenvalue weighted by atomic mass is 16.5. The third-order valence-corrected chi connectivity index (χ3v) is 4.49. The number of tetrazole rings is 1. The zero-order chi connectivity index (χ0) is 20.6. The van der Waals surface area contributed by atoms with E-state index in [4.69, 9.17) is 9.47 Å². The van der Waals surface area contributed by atoms with E-state index in [1.165, 1.54) is 4.80 Å². The quantitative estimate of drug-likeness (QED) is 0.599. The number of rotatable bonds is 9. The van der Waals surface area contributed by atoms with E-state index in [2.05, 4.69) is 27.7 Å². The Morgan fingerprint density at radius 3 is 2.55 bits per heavy atom. The van der Waals surface area contributed by atoms with Gasteiger partial charge in [0.05, 0.1) is 20.3 Å². The third kappa shape index (κ3) is 5.10. The molecule has 3 rings (SSSR count). The molecule has 8 heteroatoms. The molecule has 0 aliphatic rings. The van der Waals surface area contributed by atoms with E-state index in [1.807, 2.05) is 36.4 Å². The van der Waals surface area contributed by atoms with Gasteiger partial charge in [0.2, 0.25) is 11.7 Å². The van der Waals surface area contributed by atoms with Crippen LogP contribution in [-0.2, 0) is 11.3 Å². The molecule has 1 atom stereocenters. The number of amides is 1. The standard InChI is InChI=1S/C21H25N5O3/c1-4-8-17(15-9-6-5-7-10-15)22-20(27)14-26-24-21(23-25-26)16-11-12-18(28-2)19(13-16)29-3/h5-7,9-13,17H,4,8,14H2,1-3H3,(H,22,27)/t17-/m0/s1. The molecule has 0 bridgehead atoms. The minimum Gasteiger partial charge on any atom is -0.493 e. The third-order valence-electron chi connectivity index (χ3n) is 4.49. The lowest BCUT2D eigenvalue weighted by Gasteiger charge is -2.18. The maximum absolute atomic E-state index is 12.5. The van der Waals surface area contributed by atoms with Crippen molar-refractivity contribution < 1.29 is 14.3 Å². The Bertz CT molecular complexity index is 942. The fraction of sp³-hybridized carbons (Fsp3) is 0.333. The highest BCUT2D eigenvalue weighted by molar-refractivity contribution is 5.76. The number of benzene rings is 2. The number of carbonyl (C=O) groups is 1. The highest BCUT2D eigenvalue weighted by Crippen LogP contribution is 2.30. The summed E-state index contributed by atoms with van der Waals surface area (Å²) in [6.45, 7) is 2.09. The zero-order valence-electron chi connectivity index (χ0n) is 16.8. The number of nitrogens with zero attached hydrogens (tertiary/aromatic N) is 4. The molecule has 2 aromatic carbocycles. The molecule has 0 aliphatic carbocycles. The summed E-state index contributed by atoms with van der Waals surface area (Å²) in [5.74, 6) is 1.44. The van der Waals surface area contributed by atoms with Crippen LogP contribution in [0.4, 0.5) is 0 Å². The van der Waals surface area contributed by atoms with E-state index < -0.39 is 0 Å². The monoisotopic (exact) mass is 395 g/mol. The van der Waals surface area contributed by atoms with Crippen molar-refractivity contribution >= 4 is 5.91 Å². The van der Waals surface area contributed by atoms with Crippen LogP contribution in [0.3, 0.4) is 0 Å². The Labute approximate surface area is 169 Å². The second-order valence-electron chi connectivity index (χ2n) is 6.53. The Morgan fingerprint density at radius 2 is 1.86 bits per heavy atom. The Balaban J connectivity index is 1.68.